The summed E-state index contributed by atoms with van der Waals surface area (Å²) in [6, 6.07) is 0. The van der Waals surface area contributed by atoms with Crippen LogP contribution >= 0.6 is 0 Å². The van der Waals surface area contributed by atoms with Gasteiger partial charge in [0.1, 0.15) is 11.5 Å². The number of carbonyl (C=O) groups excluding carboxylic acids is 1. The molecule has 1 N–H and O–H groups in total. The van der Waals surface area contributed by atoms with Crippen molar-refractivity contribution in [2.75, 3.05) is 0 Å². The molecule has 0 aromatic heterocycles. The molecule has 5 aliphatic rings. The van der Waals surface area contributed by atoms with Crippen LogP contribution in [0.5, 0.6) is 0 Å². The molecule has 0 unspecified atom stereocenters. The number of ether oxygens (including phenoxy) is 1. The number of fused-ring (bicyclic) bond motifs is 7. The third-order valence-electron chi connectivity index (χ3n) is 14.7. The Morgan fingerprint density at radius 3 is 2.33 bits per heavy atom. The van der Waals surface area contributed by atoms with Gasteiger partial charge in [-0.2, -0.15) is 0 Å². The predicted octanol–water partition coefficient (Wildman–Crippen LogP) is 9.22. The lowest BCUT2D eigenvalue weighted by Crippen LogP contribution is -2.66. The van der Waals surface area contributed by atoms with Gasteiger partial charge in [-0.3, -0.25) is 9.59 Å². The number of aliphatic carboxylic acids is 1. The van der Waals surface area contributed by atoms with Crippen LogP contribution in [0.3, 0.4) is 0 Å². The van der Waals surface area contributed by atoms with Crippen molar-refractivity contribution in [2.24, 2.45) is 56.7 Å². The molecular weight excluding hydrogens is 496 g/mol. The SMILES string of the molecule is CCCCCC(=O)O[C@@H]1CC[C@@]2(C)[C@@H](CC[C@]3(C)[C@@H]2CC=C2[C@@H]4[C@@H](C)[C@H](C)CC[C@]4(C)CC[C@]23C)[C@@]1(C)C(=O)O. The second kappa shape index (κ2) is 10.1. The second-order valence-electron chi connectivity index (χ2n) is 16.4. The zero-order chi connectivity index (χ0) is 29.3. The first-order chi connectivity index (χ1) is 18.7. The maximum atomic E-state index is 13.1. The van der Waals surface area contributed by atoms with Crippen molar-refractivity contribution in [1.29, 1.82) is 0 Å². The Balaban J connectivity index is 1.48. The van der Waals surface area contributed by atoms with Gasteiger partial charge in [0.2, 0.25) is 0 Å². The van der Waals surface area contributed by atoms with E-state index in [2.05, 4.69) is 54.5 Å². The van der Waals surface area contributed by atoms with Crippen LogP contribution in [0.15, 0.2) is 11.6 Å². The average Bonchev–Trinajstić information content (AvgIpc) is 2.89. The number of esters is 1. The number of carboxylic acids is 1. The number of allylic oxidation sites excluding steroid dienone is 2. The zero-order valence-electron chi connectivity index (χ0n) is 26.9. The van der Waals surface area contributed by atoms with Crippen molar-refractivity contribution in [3.8, 4) is 0 Å². The highest BCUT2D eigenvalue weighted by atomic mass is 16.5. The maximum Gasteiger partial charge on any atom is 0.313 e. The minimum Gasteiger partial charge on any atom is -0.481 e. The third-order valence-corrected chi connectivity index (χ3v) is 14.7. The molecule has 4 saturated carbocycles. The Labute approximate surface area is 244 Å². The first kappa shape index (κ1) is 30.1. The van der Waals surface area contributed by atoms with Gasteiger partial charge in [-0.25, -0.2) is 0 Å². The van der Waals surface area contributed by atoms with E-state index in [1.165, 1.54) is 25.7 Å². The van der Waals surface area contributed by atoms with E-state index in [4.69, 9.17) is 4.74 Å². The second-order valence-corrected chi connectivity index (χ2v) is 16.4. The molecule has 0 amide bonds. The van der Waals surface area contributed by atoms with Crippen molar-refractivity contribution in [3.05, 3.63) is 11.6 Å². The molecule has 0 aliphatic heterocycles. The molecule has 0 radical (unpaired) electrons. The van der Waals surface area contributed by atoms with Crippen LogP contribution in [0.4, 0.5) is 0 Å². The van der Waals surface area contributed by atoms with Crippen molar-refractivity contribution >= 4 is 11.9 Å². The summed E-state index contributed by atoms with van der Waals surface area (Å²) >= 11 is 0. The summed E-state index contributed by atoms with van der Waals surface area (Å²) in [7, 11) is 0. The number of rotatable bonds is 6. The predicted molar refractivity (Wildman–Crippen MR) is 161 cm³/mol. The van der Waals surface area contributed by atoms with E-state index in [-0.39, 0.29) is 28.1 Å². The molecule has 5 rings (SSSR count). The smallest absolute Gasteiger partial charge is 0.313 e. The van der Waals surface area contributed by atoms with Gasteiger partial charge >= 0.3 is 11.9 Å². The summed E-state index contributed by atoms with van der Waals surface area (Å²) in [5.41, 5.74) is 1.38. The van der Waals surface area contributed by atoms with Crippen LogP contribution in [0.2, 0.25) is 0 Å². The summed E-state index contributed by atoms with van der Waals surface area (Å²) in [5.74, 6) is 1.63. The van der Waals surface area contributed by atoms with Crippen molar-refractivity contribution < 1.29 is 19.4 Å². The summed E-state index contributed by atoms with van der Waals surface area (Å²) in [4.78, 5) is 25.9. The fourth-order valence-electron chi connectivity index (χ4n) is 11.7. The molecule has 4 fully saturated rings. The first-order valence-corrected chi connectivity index (χ1v) is 16.8. The lowest BCUT2D eigenvalue weighted by molar-refractivity contribution is -0.223. The molecule has 0 aromatic rings. The van der Waals surface area contributed by atoms with E-state index in [0.29, 0.717) is 30.1 Å². The molecule has 0 heterocycles. The molecule has 5 aliphatic carbocycles. The van der Waals surface area contributed by atoms with E-state index >= 15 is 0 Å². The van der Waals surface area contributed by atoms with Gasteiger partial charge < -0.3 is 9.84 Å². The summed E-state index contributed by atoms with van der Waals surface area (Å²) in [6.07, 6.45) is 15.3. The minimum atomic E-state index is -1.04. The first-order valence-electron chi connectivity index (χ1n) is 16.8. The largest absolute Gasteiger partial charge is 0.481 e. The summed E-state index contributed by atoms with van der Waals surface area (Å²) in [6.45, 7) is 19.2. The highest BCUT2D eigenvalue weighted by Crippen LogP contribution is 2.75. The Bertz CT molecular complexity index is 1050. The van der Waals surface area contributed by atoms with Gasteiger partial charge in [0.25, 0.3) is 0 Å². The monoisotopic (exact) mass is 554 g/mol. The fraction of sp³-hybridized carbons (Fsp3) is 0.889. The van der Waals surface area contributed by atoms with E-state index in [0.717, 1.165) is 56.8 Å². The number of carboxylic acid groups (broad SMARTS) is 1. The van der Waals surface area contributed by atoms with Gasteiger partial charge in [-0.05, 0) is 122 Å². The highest BCUT2D eigenvalue weighted by molar-refractivity contribution is 5.77. The quantitative estimate of drug-likeness (QED) is 0.202. The van der Waals surface area contributed by atoms with E-state index < -0.39 is 17.5 Å². The molecular formula is C36H58O4. The lowest BCUT2D eigenvalue weighted by atomic mass is 9.33. The number of hydrogen-bond acceptors (Lipinski definition) is 3. The molecule has 0 bridgehead atoms. The molecule has 0 spiro atoms. The van der Waals surface area contributed by atoms with Gasteiger partial charge in [0.05, 0.1) is 0 Å². The van der Waals surface area contributed by atoms with Crippen molar-refractivity contribution in [3.63, 3.8) is 0 Å². The van der Waals surface area contributed by atoms with Crippen LogP contribution in [0.1, 0.15) is 139 Å². The Hall–Kier alpha value is -1.32. The minimum absolute atomic E-state index is 0.0128. The number of unbranched alkanes of at least 4 members (excludes halogenated alkanes) is 2. The Morgan fingerprint density at radius 2 is 1.65 bits per heavy atom. The Kier molecular flexibility index (Phi) is 7.65. The fourth-order valence-corrected chi connectivity index (χ4v) is 11.7. The topological polar surface area (TPSA) is 63.6 Å². The average molecular weight is 555 g/mol. The van der Waals surface area contributed by atoms with Gasteiger partial charge in [0, 0.05) is 6.42 Å². The zero-order valence-corrected chi connectivity index (χ0v) is 26.9. The van der Waals surface area contributed by atoms with Gasteiger partial charge in [-0.1, -0.05) is 73.0 Å². The Morgan fingerprint density at radius 1 is 0.925 bits per heavy atom. The van der Waals surface area contributed by atoms with Gasteiger partial charge in [-0.15, -0.1) is 0 Å². The van der Waals surface area contributed by atoms with Crippen molar-refractivity contribution in [2.45, 2.75) is 145 Å². The number of carbonyl (C=O) groups is 2. The molecule has 4 heteroatoms. The molecule has 4 nitrogen and oxygen atoms in total. The summed E-state index contributed by atoms with van der Waals surface area (Å²) in [5, 5.41) is 10.8. The van der Waals surface area contributed by atoms with Crippen LogP contribution in [-0.2, 0) is 14.3 Å². The van der Waals surface area contributed by atoms with E-state index in [1.54, 1.807) is 5.57 Å². The standard InChI is InChI=1S/C36H58O4/c1-9-10-11-12-29(37)40-28-17-19-33(5)26-14-13-25-30-24(3)23(2)15-18-32(30,4)21-22-34(25,6)35(26,7)20-16-27(33)36(28,8)31(38)39/h13,23-24,26-28,30H,9-12,14-22H2,1-8H3,(H,38,39)/t23-,24+,26-,27-,28-,30+,32-,33-,34-,35-,36-/m1/s1. The summed E-state index contributed by atoms with van der Waals surface area (Å²) < 4.78 is 6.04. The van der Waals surface area contributed by atoms with E-state index in [1.807, 2.05) is 6.92 Å². The van der Waals surface area contributed by atoms with Crippen molar-refractivity contribution in [1.82, 2.24) is 0 Å². The highest BCUT2D eigenvalue weighted by Gasteiger charge is 2.70. The van der Waals surface area contributed by atoms with E-state index in [9.17, 15) is 14.7 Å². The van der Waals surface area contributed by atoms with Crippen LogP contribution in [0, 0.1) is 56.7 Å². The number of hydrogen-bond donors (Lipinski definition) is 1. The van der Waals surface area contributed by atoms with Crippen LogP contribution in [0.25, 0.3) is 0 Å². The third kappa shape index (κ3) is 4.10. The molecule has 0 aromatic carbocycles. The molecule has 0 saturated heterocycles. The van der Waals surface area contributed by atoms with Gasteiger partial charge in [0.15, 0.2) is 0 Å². The normalized spacial score (nSPS) is 50.0. The molecule has 11 atom stereocenters. The lowest BCUT2D eigenvalue weighted by Gasteiger charge is -2.71. The van der Waals surface area contributed by atoms with Crippen LogP contribution < -0.4 is 0 Å². The maximum absolute atomic E-state index is 13.1. The molecule has 40 heavy (non-hydrogen) atoms. The van der Waals surface area contributed by atoms with Crippen LogP contribution in [-0.4, -0.2) is 23.1 Å². The molecule has 226 valence electrons.